The first-order valence-corrected chi connectivity index (χ1v) is 12.6. The second-order valence-corrected chi connectivity index (χ2v) is 13.1. The lowest BCUT2D eigenvalue weighted by Crippen LogP contribution is -2.40. The molecule has 0 spiro atoms. The van der Waals surface area contributed by atoms with Gasteiger partial charge >= 0.3 is 0 Å². The van der Waals surface area contributed by atoms with Crippen LogP contribution in [0.15, 0.2) is 11.4 Å². The molecule has 0 aromatic carbocycles. The van der Waals surface area contributed by atoms with Crippen LogP contribution in [0.25, 0.3) is 0 Å². The van der Waals surface area contributed by atoms with Gasteiger partial charge in [-0.15, -0.1) is 0 Å². The third kappa shape index (κ3) is 4.50. The Labute approximate surface area is 150 Å². The fraction of sp³-hybridized carbons (Fsp3) is 0.706. The molecule has 0 saturated heterocycles. The van der Waals surface area contributed by atoms with Crippen LogP contribution in [0.4, 0.5) is 5.82 Å². The second-order valence-electron chi connectivity index (χ2n) is 7.90. The van der Waals surface area contributed by atoms with Gasteiger partial charge in [-0.05, 0) is 56.0 Å². The fourth-order valence-electron chi connectivity index (χ4n) is 3.21. The molecule has 1 heterocycles. The summed E-state index contributed by atoms with van der Waals surface area (Å²) >= 11 is 1.48. The molecule has 2 rings (SSSR count). The van der Waals surface area contributed by atoms with Crippen molar-refractivity contribution in [3.05, 3.63) is 11.8 Å². The van der Waals surface area contributed by atoms with Gasteiger partial charge in [0.1, 0.15) is 17.5 Å². The van der Waals surface area contributed by atoms with Crippen molar-refractivity contribution in [3.63, 3.8) is 0 Å². The number of thioether (sulfide) groups is 1. The number of nitrogens with zero attached hydrogens (tertiary/aromatic N) is 3. The monoisotopic (exact) mass is 364 g/mol. The van der Waals surface area contributed by atoms with Crippen molar-refractivity contribution in [2.75, 3.05) is 11.6 Å². The summed E-state index contributed by atoms with van der Waals surface area (Å²) in [5.74, 6) is 1.27. The predicted octanol–water partition coefficient (Wildman–Crippen LogP) is 4.02. The first-order chi connectivity index (χ1) is 11.2. The van der Waals surface area contributed by atoms with Gasteiger partial charge in [0.25, 0.3) is 0 Å². The Balaban J connectivity index is 2.01. The Morgan fingerprint density at radius 2 is 2.17 bits per heavy atom. The van der Waals surface area contributed by atoms with Crippen LogP contribution in [0.2, 0.25) is 18.1 Å². The summed E-state index contributed by atoms with van der Waals surface area (Å²) in [7, 11) is -2.16. The van der Waals surface area contributed by atoms with Crippen molar-refractivity contribution >= 4 is 25.9 Å². The van der Waals surface area contributed by atoms with Gasteiger partial charge in [-0.2, -0.15) is 5.26 Å². The zero-order valence-electron chi connectivity index (χ0n) is 15.3. The predicted molar refractivity (Wildman–Crippen MR) is 102 cm³/mol. The minimum atomic E-state index is -2.16. The van der Waals surface area contributed by atoms with Gasteiger partial charge in [0.2, 0.25) is 0 Å². The molecule has 24 heavy (non-hydrogen) atoms. The van der Waals surface area contributed by atoms with E-state index in [1.54, 1.807) is 6.20 Å². The van der Waals surface area contributed by atoms with E-state index in [2.05, 4.69) is 35.2 Å². The van der Waals surface area contributed by atoms with Crippen molar-refractivity contribution in [2.45, 2.75) is 68.9 Å². The quantitative estimate of drug-likeness (QED) is 0.451. The molecule has 1 aromatic heterocycles. The Kier molecular flexibility index (Phi) is 5.94. The van der Waals surface area contributed by atoms with Gasteiger partial charge < -0.3 is 10.1 Å². The summed E-state index contributed by atoms with van der Waals surface area (Å²) in [5, 5.41) is 13.4. The molecular weight excluding hydrogens is 336 g/mol. The lowest BCUT2D eigenvalue weighted by atomic mass is 9.94. The summed E-state index contributed by atoms with van der Waals surface area (Å²) in [5.41, 5.74) is 0.500. The highest BCUT2D eigenvalue weighted by Gasteiger charge is 2.41. The molecule has 0 amide bonds. The molecule has 0 bridgehead atoms. The maximum atomic E-state index is 10.5. The van der Waals surface area contributed by atoms with Gasteiger partial charge in [0.05, 0.1) is 6.20 Å². The smallest absolute Gasteiger partial charge is 0.189 e. The first kappa shape index (κ1) is 19.2. The number of rotatable bonds is 6. The van der Waals surface area contributed by atoms with E-state index in [0.717, 1.165) is 25.7 Å². The van der Waals surface area contributed by atoms with E-state index in [-0.39, 0.29) is 5.04 Å². The van der Waals surface area contributed by atoms with Crippen LogP contribution in [0.1, 0.15) is 45.1 Å². The van der Waals surface area contributed by atoms with Crippen molar-refractivity contribution in [3.8, 4) is 6.07 Å². The molecule has 1 fully saturated rings. The zero-order valence-corrected chi connectivity index (χ0v) is 17.1. The molecule has 0 unspecified atom stereocenters. The molecule has 1 aliphatic carbocycles. The van der Waals surface area contributed by atoms with E-state index < -0.39 is 8.32 Å². The van der Waals surface area contributed by atoms with Crippen LogP contribution in [0.3, 0.4) is 0 Å². The summed E-state index contributed by atoms with van der Waals surface area (Å²) in [6.07, 6.45) is 7.89. The Morgan fingerprint density at radius 3 is 2.75 bits per heavy atom. The number of nitriles is 1. The molecule has 1 aromatic rings. The molecular formula is C17H28N4OSSi. The molecule has 0 aliphatic heterocycles. The van der Waals surface area contributed by atoms with Crippen molar-refractivity contribution < 1.29 is 4.80 Å². The topological polar surface area (TPSA) is 81.8 Å². The van der Waals surface area contributed by atoms with Crippen molar-refractivity contribution in [1.29, 1.82) is 5.26 Å². The Bertz CT molecular complexity index is 624. The van der Waals surface area contributed by atoms with Crippen LogP contribution < -0.4 is 5.32 Å². The SMILES string of the molecule is CSc1ncc(C#N)c(N[C@@H]2CC[C@@H](CC(C)(C)[Si](C)(C)O)C2)n1. The highest BCUT2D eigenvalue weighted by Crippen LogP contribution is 2.45. The third-order valence-corrected chi connectivity index (χ3v) is 9.49. The molecule has 2 N–H and O–H groups in total. The fourth-order valence-corrected chi connectivity index (χ4v) is 4.34. The summed E-state index contributed by atoms with van der Waals surface area (Å²) < 4.78 is 0. The number of hydrogen-bond donors (Lipinski definition) is 2. The summed E-state index contributed by atoms with van der Waals surface area (Å²) in [4.78, 5) is 19.1. The maximum absolute atomic E-state index is 10.5. The van der Waals surface area contributed by atoms with Crippen molar-refractivity contribution in [2.24, 2.45) is 5.92 Å². The first-order valence-electron chi connectivity index (χ1n) is 8.46. The number of nitrogens with one attached hydrogen (secondary N) is 1. The van der Waals surface area contributed by atoms with Crippen LogP contribution in [0.5, 0.6) is 0 Å². The van der Waals surface area contributed by atoms with Gasteiger partial charge in [-0.25, -0.2) is 9.97 Å². The maximum Gasteiger partial charge on any atom is 0.189 e. The lowest BCUT2D eigenvalue weighted by molar-refractivity contribution is 0.377. The van der Waals surface area contributed by atoms with E-state index in [1.165, 1.54) is 11.8 Å². The largest absolute Gasteiger partial charge is 0.432 e. The van der Waals surface area contributed by atoms with Crippen LogP contribution >= 0.6 is 11.8 Å². The third-order valence-electron chi connectivity index (χ3n) is 5.41. The molecule has 7 heteroatoms. The molecule has 1 aliphatic rings. The number of anilines is 1. The van der Waals surface area contributed by atoms with E-state index in [9.17, 15) is 10.1 Å². The average molecular weight is 365 g/mol. The highest BCUT2D eigenvalue weighted by molar-refractivity contribution is 7.98. The van der Waals surface area contributed by atoms with Crippen LogP contribution in [-0.2, 0) is 0 Å². The van der Waals surface area contributed by atoms with Gasteiger partial charge in [0, 0.05) is 6.04 Å². The molecule has 0 radical (unpaired) electrons. The van der Waals surface area contributed by atoms with Gasteiger partial charge in [-0.1, -0.05) is 25.6 Å². The minimum absolute atomic E-state index is 0.0192. The van der Waals surface area contributed by atoms with Gasteiger partial charge in [-0.3, -0.25) is 0 Å². The summed E-state index contributed by atoms with van der Waals surface area (Å²) in [6.45, 7) is 8.45. The van der Waals surface area contributed by atoms with Crippen molar-refractivity contribution in [1.82, 2.24) is 9.97 Å². The highest BCUT2D eigenvalue weighted by atomic mass is 32.2. The van der Waals surface area contributed by atoms with Gasteiger partial charge in [0.15, 0.2) is 13.5 Å². The van der Waals surface area contributed by atoms with Crippen LogP contribution in [0, 0.1) is 17.2 Å². The van der Waals surface area contributed by atoms with E-state index >= 15 is 0 Å². The van der Waals surface area contributed by atoms with Crippen LogP contribution in [-0.4, -0.2) is 35.4 Å². The standard InChI is InChI=1S/C17H28N4OSSi/c1-17(2,24(4,5)22)9-12-6-7-14(8-12)20-15-13(10-18)11-19-16(21-15)23-3/h11-12,14,22H,6-9H2,1-5H3,(H,19,20,21)/t12-,14-/m1/s1. The van der Waals surface area contributed by atoms with E-state index in [1.807, 2.05) is 19.3 Å². The number of hydrogen-bond acceptors (Lipinski definition) is 6. The van der Waals surface area contributed by atoms with E-state index in [4.69, 9.17) is 0 Å². The number of aromatic nitrogens is 2. The lowest BCUT2D eigenvalue weighted by Gasteiger charge is -2.37. The molecule has 1 saturated carbocycles. The normalized spacial score (nSPS) is 21.5. The zero-order chi connectivity index (χ0) is 18.0. The minimum Gasteiger partial charge on any atom is -0.432 e. The molecule has 132 valence electrons. The summed E-state index contributed by atoms with van der Waals surface area (Å²) in [6, 6.07) is 2.50. The average Bonchev–Trinajstić information content (AvgIpc) is 2.92. The second kappa shape index (κ2) is 7.42. The molecule has 2 atom stereocenters. The Hall–Kier alpha value is -1.10. The Morgan fingerprint density at radius 1 is 1.46 bits per heavy atom. The molecule has 5 nitrogen and oxygen atoms in total. The van der Waals surface area contributed by atoms with E-state index in [0.29, 0.717) is 28.5 Å².